The number of hydrogen-bond acceptors (Lipinski definition) is 4. The Morgan fingerprint density at radius 1 is 1.52 bits per heavy atom. The third-order valence-electron chi connectivity index (χ3n) is 3.14. The molecule has 0 bridgehead atoms. The van der Waals surface area contributed by atoms with Gasteiger partial charge in [0.25, 0.3) is 10.2 Å². The van der Waals surface area contributed by atoms with Crippen LogP contribution in [0.1, 0.15) is 18.1 Å². The molecule has 6 nitrogen and oxygen atoms in total. The van der Waals surface area contributed by atoms with E-state index in [-0.39, 0.29) is 23.8 Å². The number of hydrogen-bond donors (Lipinski definition) is 3. The van der Waals surface area contributed by atoms with Gasteiger partial charge < -0.3 is 10.1 Å². The molecule has 2 rings (SSSR count). The van der Waals surface area contributed by atoms with Crippen molar-refractivity contribution >= 4 is 21.8 Å². The van der Waals surface area contributed by atoms with Crippen molar-refractivity contribution < 1.29 is 17.5 Å². The molecule has 2 unspecified atom stereocenters. The minimum Gasteiger partial charge on any atom is -0.368 e. The molecule has 1 heterocycles. The van der Waals surface area contributed by atoms with E-state index in [0.29, 0.717) is 19.5 Å². The largest absolute Gasteiger partial charge is 0.368 e. The van der Waals surface area contributed by atoms with E-state index in [2.05, 4.69) is 10.0 Å². The van der Waals surface area contributed by atoms with Gasteiger partial charge in [0.05, 0.1) is 17.2 Å². The van der Waals surface area contributed by atoms with Crippen LogP contribution in [-0.4, -0.2) is 34.2 Å². The summed E-state index contributed by atoms with van der Waals surface area (Å²) in [6, 6.07) is 4.43. The maximum Gasteiger partial charge on any atom is 0.274 e. The van der Waals surface area contributed by atoms with E-state index in [1.807, 2.05) is 0 Å². The molecule has 0 aliphatic carbocycles. The van der Waals surface area contributed by atoms with Gasteiger partial charge in [0, 0.05) is 13.1 Å². The van der Waals surface area contributed by atoms with E-state index in [1.165, 1.54) is 12.1 Å². The first-order valence-corrected chi connectivity index (χ1v) is 8.36. The highest BCUT2D eigenvalue weighted by Crippen LogP contribution is 2.27. The fourth-order valence-corrected chi connectivity index (χ4v) is 2.74. The Hall–Kier alpha value is -0.770. The molecular formula is C12H17ClFN3O3S. The van der Waals surface area contributed by atoms with Crippen molar-refractivity contribution in [2.75, 3.05) is 19.6 Å². The average Bonchev–Trinajstić information content (AvgIpc) is 2.64. The number of nitrogens with one attached hydrogen (secondary N) is 2. The van der Waals surface area contributed by atoms with Crippen molar-refractivity contribution in [1.82, 2.24) is 10.0 Å². The highest BCUT2D eigenvalue weighted by Gasteiger charge is 2.23. The zero-order valence-electron chi connectivity index (χ0n) is 11.2. The van der Waals surface area contributed by atoms with E-state index in [4.69, 9.17) is 21.5 Å². The Kier molecular flexibility index (Phi) is 5.53. The fourth-order valence-electron chi connectivity index (χ4n) is 2.13. The number of ether oxygens (including phenoxy) is 1. The second-order valence-corrected chi connectivity index (χ2v) is 6.59. The molecular weight excluding hydrogens is 321 g/mol. The summed E-state index contributed by atoms with van der Waals surface area (Å²) in [5.41, 5.74) is 0.755. The lowest BCUT2D eigenvalue weighted by atomic mass is 10.1. The van der Waals surface area contributed by atoms with Crippen LogP contribution in [0, 0.1) is 5.82 Å². The normalized spacial score (nSPS) is 23.8. The summed E-state index contributed by atoms with van der Waals surface area (Å²) in [5.74, 6) is -0.486. The van der Waals surface area contributed by atoms with E-state index in [9.17, 15) is 12.8 Å². The zero-order chi connectivity index (χ0) is 15.5. The van der Waals surface area contributed by atoms with Gasteiger partial charge in [-0.3, -0.25) is 0 Å². The lowest BCUT2D eigenvalue weighted by molar-refractivity contribution is 0.000765. The number of rotatable bonds is 4. The van der Waals surface area contributed by atoms with E-state index in [0.717, 1.165) is 5.56 Å². The number of benzene rings is 1. The van der Waals surface area contributed by atoms with Crippen molar-refractivity contribution in [3.63, 3.8) is 0 Å². The molecule has 4 N–H and O–H groups in total. The van der Waals surface area contributed by atoms with Crippen LogP contribution in [0.15, 0.2) is 18.2 Å². The molecule has 1 fully saturated rings. The van der Waals surface area contributed by atoms with Crippen LogP contribution in [0.2, 0.25) is 5.02 Å². The second kappa shape index (κ2) is 6.99. The van der Waals surface area contributed by atoms with Gasteiger partial charge in [-0.25, -0.2) is 9.53 Å². The summed E-state index contributed by atoms with van der Waals surface area (Å²) >= 11 is 5.78. The van der Waals surface area contributed by atoms with Crippen LogP contribution in [0.3, 0.4) is 0 Å². The summed E-state index contributed by atoms with van der Waals surface area (Å²) in [7, 11) is -3.76. The van der Waals surface area contributed by atoms with Gasteiger partial charge in [-0.15, -0.1) is 0 Å². The van der Waals surface area contributed by atoms with Gasteiger partial charge in [-0.1, -0.05) is 17.7 Å². The minimum atomic E-state index is -3.76. The summed E-state index contributed by atoms with van der Waals surface area (Å²) in [6.07, 6.45) is 0.0124. The SMILES string of the molecule is NS(=O)(=O)NCC1CNCCC(c2ccc(F)c(Cl)c2)O1. The first kappa shape index (κ1) is 16.6. The average molecular weight is 338 g/mol. The Morgan fingerprint density at radius 3 is 2.95 bits per heavy atom. The maximum atomic E-state index is 13.2. The van der Waals surface area contributed by atoms with Crippen molar-refractivity contribution in [2.45, 2.75) is 18.6 Å². The summed E-state index contributed by atoms with van der Waals surface area (Å²) < 4.78 is 43.1. The summed E-state index contributed by atoms with van der Waals surface area (Å²) in [4.78, 5) is 0. The minimum absolute atomic E-state index is 0.0347. The molecule has 2 atom stereocenters. The lowest BCUT2D eigenvalue weighted by Gasteiger charge is -2.22. The highest BCUT2D eigenvalue weighted by atomic mass is 35.5. The Morgan fingerprint density at radius 2 is 2.29 bits per heavy atom. The Labute approximate surface area is 128 Å². The molecule has 9 heteroatoms. The summed E-state index contributed by atoms with van der Waals surface area (Å²) in [6.45, 7) is 1.26. The van der Waals surface area contributed by atoms with Crippen LogP contribution in [0.25, 0.3) is 0 Å². The van der Waals surface area contributed by atoms with Crippen molar-refractivity contribution in [3.05, 3.63) is 34.6 Å². The van der Waals surface area contributed by atoms with Gasteiger partial charge >= 0.3 is 0 Å². The maximum absolute atomic E-state index is 13.2. The molecule has 1 saturated heterocycles. The standard InChI is InChI=1S/C12H17ClFN3O3S/c13-10-5-8(1-2-11(10)14)12-3-4-16-6-9(20-12)7-17-21(15,18)19/h1-2,5,9,12,16-17H,3-4,6-7H2,(H2,15,18,19). The molecule has 118 valence electrons. The van der Waals surface area contributed by atoms with Crippen LogP contribution >= 0.6 is 11.6 Å². The van der Waals surface area contributed by atoms with Gasteiger partial charge in [0.2, 0.25) is 0 Å². The van der Waals surface area contributed by atoms with Crippen molar-refractivity contribution in [3.8, 4) is 0 Å². The molecule has 1 aliphatic heterocycles. The second-order valence-electron chi connectivity index (χ2n) is 4.81. The Bertz CT molecular complexity index is 599. The predicted octanol–water partition coefficient (Wildman–Crippen LogP) is 0.692. The lowest BCUT2D eigenvalue weighted by Crippen LogP contribution is -2.41. The third kappa shape index (κ3) is 5.17. The third-order valence-corrected chi connectivity index (χ3v) is 4.00. The van der Waals surface area contributed by atoms with Crippen molar-refractivity contribution in [1.29, 1.82) is 0 Å². The van der Waals surface area contributed by atoms with E-state index in [1.54, 1.807) is 6.07 Å². The van der Waals surface area contributed by atoms with Crippen LogP contribution in [0.4, 0.5) is 4.39 Å². The van der Waals surface area contributed by atoms with Gasteiger partial charge in [-0.05, 0) is 30.7 Å². The first-order chi connectivity index (χ1) is 9.85. The molecule has 0 amide bonds. The van der Waals surface area contributed by atoms with E-state index < -0.39 is 16.0 Å². The molecule has 0 spiro atoms. The van der Waals surface area contributed by atoms with Crippen LogP contribution in [0.5, 0.6) is 0 Å². The van der Waals surface area contributed by atoms with E-state index >= 15 is 0 Å². The van der Waals surface area contributed by atoms with Crippen LogP contribution < -0.4 is 15.2 Å². The topological polar surface area (TPSA) is 93.5 Å². The van der Waals surface area contributed by atoms with Gasteiger partial charge in [-0.2, -0.15) is 13.1 Å². The first-order valence-electron chi connectivity index (χ1n) is 6.43. The molecule has 21 heavy (non-hydrogen) atoms. The predicted molar refractivity (Wildman–Crippen MR) is 77.6 cm³/mol. The van der Waals surface area contributed by atoms with Crippen molar-refractivity contribution in [2.24, 2.45) is 5.14 Å². The zero-order valence-corrected chi connectivity index (χ0v) is 12.8. The number of halogens is 2. The smallest absolute Gasteiger partial charge is 0.274 e. The number of nitrogens with two attached hydrogens (primary N) is 1. The van der Waals surface area contributed by atoms with Crippen LogP contribution in [-0.2, 0) is 14.9 Å². The fraction of sp³-hybridized carbons (Fsp3) is 0.500. The highest BCUT2D eigenvalue weighted by molar-refractivity contribution is 7.87. The molecule has 1 aromatic rings. The molecule has 1 aromatic carbocycles. The quantitative estimate of drug-likeness (QED) is 0.753. The van der Waals surface area contributed by atoms with Gasteiger partial charge in [0.15, 0.2) is 0 Å². The molecule has 1 aliphatic rings. The molecule has 0 saturated carbocycles. The monoisotopic (exact) mass is 337 g/mol. The van der Waals surface area contributed by atoms with Gasteiger partial charge in [0.1, 0.15) is 5.82 Å². The molecule has 0 aromatic heterocycles. The summed E-state index contributed by atoms with van der Waals surface area (Å²) in [5, 5.41) is 8.09. The molecule has 0 radical (unpaired) electrons. The Balaban J connectivity index is 2.06.